The maximum absolute atomic E-state index is 13.6. The van der Waals surface area contributed by atoms with E-state index in [1.807, 2.05) is 42.5 Å². The average Bonchev–Trinajstić information content (AvgIpc) is 3.57. The molecule has 0 radical (unpaired) electrons. The Labute approximate surface area is 225 Å². The average molecular weight is 534 g/mol. The van der Waals surface area contributed by atoms with Gasteiger partial charge in [-0.05, 0) is 99.1 Å². The first kappa shape index (κ1) is 25.4. The molecule has 39 heavy (non-hydrogen) atoms. The van der Waals surface area contributed by atoms with Crippen LogP contribution in [-0.4, -0.2) is 43.8 Å². The molecule has 10 heteroatoms. The maximum Gasteiger partial charge on any atom is 0.453 e. The fourth-order valence-electron chi connectivity index (χ4n) is 5.52. The third kappa shape index (κ3) is 5.75. The van der Waals surface area contributed by atoms with Crippen LogP contribution in [0, 0.1) is 0 Å². The highest BCUT2D eigenvalue weighted by atomic mass is 19.4. The number of hydrogen-bond donors (Lipinski definition) is 2. The number of likely N-dealkylation sites (tertiary alicyclic amines) is 1. The number of anilines is 4. The van der Waals surface area contributed by atoms with Crippen LogP contribution in [-0.2, 0) is 19.0 Å². The van der Waals surface area contributed by atoms with Crippen LogP contribution in [0.2, 0.25) is 0 Å². The van der Waals surface area contributed by atoms with Gasteiger partial charge in [0.25, 0.3) is 5.82 Å². The summed E-state index contributed by atoms with van der Waals surface area (Å²) in [6.07, 6.45) is 2.05. The Morgan fingerprint density at radius 3 is 2.31 bits per heavy atom. The Balaban J connectivity index is 1.27. The zero-order chi connectivity index (χ0) is 26.8. The number of para-hydroxylation sites is 1. The molecule has 2 aromatic carbocycles. The molecule has 1 aliphatic heterocycles. The summed E-state index contributed by atoms with van der Waals surface area (Å²) < 4.78 is 42.0. The van der Waals surface area contributed by atoms with E-state index in [1.165, 1.54) is 37.1 Å². The second kappa shape index (κ2) is 10.7. The second-order valence-corrected chi connectivity index (χ2v) is 10.1. The molecule has 1 unspecified atom stereocenters. The van der Waals surface area contributed by atoms with Crippen LogP contribution in [0.15, 0.2) is 66.7 Å². The van der Waals surface area contributed by atoms with Gasteiger partial charge in [-0.2, -0.15) is 22.8 Å². The van der Waals surface area contributed by atoms with Crippen molar-refractivity contribution in [1.29, 1.82) is 0 Å². The van der Waals surface area contributed by atoms with Crippen LogP contribution >= 0.6 is 0 Å². The summed E-state index contributed by atoms with van der Waals surface area (Å²) in [5, 5.41) is 10.0. The number of rotatable bonds is 6. The number of halogens is 3. The SMILES string of the molecule is FC(F)(F)c1nc(Nc2ccc3c(c2)CCC(N2CCCC2)CC3)n(-c2cccc(Nc3ccccc3)n2)n1. The van der Waals surface area contributed by atoms with E-state index < -0.39 is 12.0 Å². The number of nitrogens with zero attached hydrogens (tertiary/aromatic N) is 5. The quantitative estimate of drug-likeness (QED) is 0.275. The van der Waals surface area contributed by atoms with Gasteiger partial charge >= 0.3 is 6.18 Å². The standard InChI is InChI=1S/C29H30F3N7/c30-29(31,32)27-36-28(39(37-27)26-10-6-9-25(35-26)33-22-7-2-1-3-8-22)34-23-14-11-20-12-15-24(16-13-21(20)19-23)38-17-4-5-18-38/h1-3,6-11,14,19,24H,4-5,12-13,15-18H2,(H,33,35)(H,34,36,37). The highest BCUT2D eigenvalue weighted by Gasteiger charge is 2.37. The largest absolute Gasteiger partial charge is 0.453 e. The lowest BCUT2D eigenvalue weighted by atomic mass is 10.0. The van der Waals surface area contributed by atoms with Crippen molar-refractivity contribution in [2.45, 2.75) is 50.7 Å². The number of fused-ring (bicyclic) bond motifs is 1. The molecule has 1 atom stereocenters. The third-order valence-electron chi connectivity index (χ3n) is 7.47. The molecule has 7 nitrogen and oxygen atoms in total. The van der Waals surface area contributed by atoms with Crippen LogP contribution in [0.25, 0.3) is 5.82 Å². The Bertz CT molecular complexity index is 1430. The van der Waals surface area contributed by atoms with E-state index >= 15 is 0 Å². The highest BCUT2D eigenvalue weighted by molar-refractivity contribution is 5.59. The minimum Gasteiger partial charge on any atom is -0.340 e. The summed E-state index contributed by atoms with van der Waals surface area (Å²) in [4.78, 5) is 10.9. The van der Waals surface area contributed by atoms with Gasteiger partial charge in [0.1, 0.15) is 5.82 Å². The molecule has 6 rings (SSSR count). The lowest BCUT2D eigenvalue weighted by molar-refractivity contribution is -0.144. The summed E-state index contributed by atoms with van der Waals surface area (Å²) in [6, 6.07) is 21.1. The van der Waals surface area contributed by atoms with E-state index in [0.29, 0.717) is 17.5 Å². The molecule has 0 amide bonds. The fourth-order valence-corrected chi connectivity index (χ4v) is 5.52. The number of aromatic nitrogens is 4. The first-order chi connectivity index (χ1) is 18.9. The number of hydrogen-bond acceptors (Lipinski definition) is 6. The topological polar surface area (TPSA) is 70.9 Å². The third-order valence-corrected chi connectivity index (χ3v) is 7.47. The van der Waals surface area contributed by atoms with Gasteiger partial charge in [-0.25, -0.2) is 4.98 Å². The molecule has 1 saturated heterocycles. The highest BCUT2D eigenvalue weighted by Crippen LogP contribution is 2.32. The van der Waals surface area contributed by atoms with Gasteiger partial charge in [0, 0.05) is 17.4 Å². The molecule has 2 aromatic heterocycles. The monoisotopic (exact) mass is 533 g/mol. The summed E-state index contributed by atoms with van der Waals surface area (Å²) in [5.74, 6) is -0.581. The molecule has 202 valence electrons. The number of benzene rings is 2. The number of alkyl halides is 3. The van der Waals surface area contributed by atoms with E-state index in [-0.39, 0.29) is 11.8 Å². The summed E-state index contributed by atoms with van der Waals surface area (Å²) in [6.45, 7) is 2.36. The molecular formula is C29H30F3N7. The summed E-state index contributed by atoms with van der Waals surface area (Å²) in [5.41, 5.74) is 4.03. The van der Waals surface area contributed by atoms with Crippen molar-refractivity contribution in [3.05, 3.63) is 83.7 Å². The predicted molar refractivity (Wildman–Crippen MR) is 145 cm³/mol. The van der Waals surface area contributed by atoms with Crippen molar-refractivity contribution in [2.75, 3.05) is 23.7 Å². The van der Waals surface area contributed by atoms with Crippen LogP contribution in [0.5, 0.6) is 0 Å². The van der Waals surface area contributed by atoms with E-state index in [1.54, 1.807) is 18.2 Å². The first-order valence-electron chi connectivity index (χ1n) is 13.4. The molecule has 0 bridgehead atoms. The number of aryl methyl sites for hydroxylation is 2. The van der Waals surface area contributed by atoms with E-state index in [4.69, 9.17) is 0 Å². The number of nitrogens with one attached hydrogen (secondary N) is 2. The predicted octanol–water partition coefficient (Wildman–Crippen LogP) is 6.51. The minimum atomic E-state index is -4.69. The van der Waals surface area contributed by atoms with Crippen molar-refractivity contribution < 1.29 is 13.2 Å². The summed E-state index contributed by atoms with van der Waals surface area (Å²) >= 11 is 0. The Morgan fingerprint density at radius 1 is 0.769 bits per heavy atom. The van der Waals surface area contributed by atoms with Crippen molar-refractivity contribution in [2.24, 2.45) is 0 Å². The molecule has 1 fully saturated rings. The molecule has 3 heterocycles. The maximum atomic E-state index is 13.6. The zero-order valence-corrected chi connectivity index (χ0v) is 21.5. The van der Waals surface area contributed by atoms with Gasteiger partial charge < -0.3 is 15.5 Å². The normalized spacial score (nSPS) is 18.0. The van der Waals surface area contributed by atoms with Gasteiger partial charge in [-0.15, -0.1) is 5.10 Å². The molecular weight excluding hydrogens is 503 g/mol. The van der Waals surface area contributed by atoms with Gasteiger partial charge in [-0.1, -0.05) is 30.3 Å². The summed E-state index contributed by atoms with van der Waals surface area (Å²) in [7, 11) is 0. The molecule has 0 spiro atoms. The number of pyridine rings is 1. The van der Waals surface area contributed by atoms with E-state index in [2.05, 4.69) is 36.7 Å². The Kier molecular flexibility index (Phi) is 6.95. The van der Waals surface area contributed by atoms with Gasteiger partial charge in [0.05, 0.1) is 0 Å². The van der Waals surface area contributed by atoms with Crippen LogP contribution in [0.1, 0.15) is 42.6 Å². The molecule has 4 aromatic rings. The molecule has 2 N–H and O–H groups in total. The van der Waals surface area contributed by atoms with E-state index in [0.717, 1.165) is 36.1 Å². The van der Waals surface area contributed by atoms with Crippen molar-refractivity contribution in [1.82, 2.24) is 24.6 Å². The Morgan fingerprint density at radius 2 is 1.54 bits per heavy atom. The zero-order valence-electron chi connectivity index (χ0n) is 21.5. The lowest BCUT2D eigenvalue weighted by Crippen LogP contribution is -2.32. The molecule has 2 aliphatic rings. The Hall–Kier alpha value is -3.92. The first-order valence-corrected chi connectivity index (χ1v) is 13.4. The van der Waals surface area contributed by atoms with E-state index in [9.17, 15) is 13.2 Å². The van der Waals surface area contributed by atoms with Gasteiger partial charge in [-0.3, -0.25) is 0 Å². The van der Waals surface area contributed by atoms with Crippen molar-refractivity contribution >= 4 is 23.1 Å². The smallest absolute Gasteiger partial charge is 0.340 e. The fraction of sp³-hybridized carbons (Fsp3) is 0.345. The van der Waals surface area contributed by atoms with Gasteiger partial charge in [0.2, 0.25) is 5.95 Å². The van der Waals surface area contributed by atoms with Crippen LogP contribution in [0.3, 0.4) is 0 Å². The van der Waals surface area contributed by atoms with Crippen molar-refractivity contribution in [3.63, 3.8) is 0 Å². The van der Waals surface area contributed by atoms with Crippen molar-refractivity contribution in [3.8, 4) is 5.82 Å². The second-order valence-electron chi connectivity index (χ2n) is 10.1. The molecule has 1 aliphatic carbocycles. The van der Waals surface area contributed by atoms with Gasteiger partial charge in [0.15, 0.2) is 5.82 Å². The minimum absolute atomic E-state index is 0.0461. The van der Waals surface area contributed by atoms with Crippen LogP contribution < -0.4 is 10.6 Å². The lowest BCUT2D eigenvalue weighted by Gasteiger charge is -2.25. The molecule has 0 saturated carbocycles. The van der Waals surface area contributed by atoms with Crippen LogP contribution in [0.4, 0.5) is 36.3 Å².